The van der Waals surface area contributed by atoms with Crippen molar-refractivity contribution in [3.8, 4) is 17.2 Å². The Balaban J connectivity index is -0.000000216. The monoisotopic (exact) mass is 834 g/mol. The molecular formula is C45H77K2N3O6. The Labute approximate surface area is 429 Å². The van der Waals surface area contributed by atoms with Crippen LogP contribution < -0.4 is 133 Å². The first-order chi connectivity index (χ1) is 25.3. The van der Waals surface area contributed by atoms with Gasteiger partial charge in [-0.1, -0.05) is 55.4 Å². The summed E-state index contributed by atoms with van der Waals surface area (Å²) in [6.45, 7) is 30.0. The van der Waals surface area contributed by atoms with Crippen LogP contribution in [0.15, 0.2) is 54.6 Å². The fourth-order valence-corrected chi connectivity index (χ4v) is 5.32. The van der Waals surface area contributed by atoms with Gasteiger partial charge < -0.3 is 41.7 Å². The number of hydrogen-bond donors (Lipinski definition) is 3. The summed E-state index contributed by atoms with van der Waals surface area (Å²) in [5, 5.41) is 24.7. The minimum absolute atomic E-state index is 0. The first-order valence-corrected chi connectivity index (χ1v) is 19.5. The Morgan fingerprint density at radius 3 is 1.34 bits per heavy atom. The van der Waals surface area contributed by atoms with Crippen molar-refractivity contribution in [1.82, 2.24) is 0 Å². The summed E-state index contributed by atoms with van der Waals surface area (Å²) in [5.41, 5.74) is 7.24. The SMILES string of the molecule is CC.CC(C)Cc1cc(O)cc(NC(C)C)c1.COc1cc(CC(C)C)cc(N(C)C(C)C)c1.COc1cc(CC(C)C)cc(NC(C)C)c1.O=CO[O-].[H-].[K+].[K+]. The van der Waals surface area contributed by atoms with Crippen molar-refractivity contribution >= 4 is 23.5 Å². The van der Waals surface area contributed by atoms with E-state index in [0.717, 1.165) is 42.1 Å². The first kappa shape index (κ1) is 61.8. The molecule has 0 aliphatic heterocycles. The molecular weight excluding hydrogens is 757 g/mol. The molecule has 3 aromatic carbocycles. The van der Waals surface area contributed by atoms with Gasteiger partial charge in [-0.3, -0.25) is 4.79 Å². The maximum Gasteiger partial charge on any atom is 1.00 e. The van der Waals surface area contributed by atoms with E-state index in [4.69, 9.17) is 19.5 Å². The van der Waals surface area contributed by atoms with Crippen molar-refractivity contribution in [2.45, 2.75) is 134 Å². The number of carbonyl (C=O) groups excluding carboxylic acids is 1. The predicted octanol–water partition coefficient (Wildman–Crippen LogP) is 4.44. The number of methoxy groups -OCH3 is 2. The Morgan fingerprint density at radius 1 is 0.643 bits per heavy atom. The smallest absolute Gasteiger partial charge is 1.00 e. The predicted molar refractivity (Wildman–Crippen MR) is 230 cm³/mol. The van der Waals surface area contributed by atoms with E-state index < -0.39 is 0 Å². The molecule has 3 aromatic rings. The third-order valence-corrected chi connectivity index (χ3v) is 7.43. The molecule has 0 aliphatic rings. The molecule has 0 saturated heterocycles. The molecule has 0 bridgehead atoms. The van der Waals surface area contributed by atoms with Crippen molar-refractivity contribution in [1.29, 1.82) is 0 Å². The van der Waals surface area contributed by atoms with Crippen molar-refractivity contribution < 1.29 is 134 Å². The van der Waals surface area contributed by atoms with Gasteiger partial charge in [-0.05, 0) is 132 Å². The van der Waals surface area contributed by atoms with Gasteiger partial charge in [-0.15, -0.1) is 0 Å². The average molecular weight is 834 g/mol. The zero-order chi connectivity index (χ0) is 42.0. The molecule has 0 unspecified atom stereocenters. The van der Waals surface area contributed by atoms with E-state index in [2.05, 4.69) is 147 Å². The summed E-state index contributed by atoms with van der Waals surface area (Å²) < 4.78 is 10.7. The van der Waals surface area contributed by atoms with E-state index in [1.54, 1.807) is 20.3 Å². The van der Waals surface area contributed by atoms with E-state index >= 15 is 0 Å². The molecule has 0 saturated carbocycles. The molecule has 11 heteroatoms. The van der Waals surface area contributed by atoms with E-state index in [-0.39, 0.29) is 111 Å². The van der Waals surface area contributed by atoms with Gasteiger partial charge in [0, 0.05) is 60.4 Å². The number of rotatable bonds is 15. The van der Waals surface area contributed by atoms with Crippen LogP contribution in [-0.2, 0) is 28.9 Å². The number of hydrogen-bond acceptors (Lipinski definition) is 9. The summed E-state index contributed by atoms with van der Waals surface area (Å²) >= 11 is 0. The molecule has 0 aliphatic carbocycles. The summed E-state index contributed by atoms with van der Waals surface area (Å²) in [6, 6.07) is 19.9. The van der Waals surface area contributed by atoms with Crippen LogP contribution in [-0.4, -0.2) is 51.0 Å². The standard InChI is InChI=1S/C15H25NO.C14H23NO.C13H21NO.C2H6.CH2O3.2K.H/c1-11(2)7-13-8-14(16(5)12(3)4)10-15(9-13)17-6;1-10(2)6-12-7-13(15-11(3)4)9-14(8-12)16-5;1-9(2)5-11-6-12(14-10(3)4)8-13(15)7-11;1-2;2-1-4-3;;;/h8-12H,7H2,1-6H3;7-11,15H,6H2,1-5H3;6-10,14-15H,5H2,1-4H3;1-2H3;1,3H;;;/q;;;;;2*+1;-1/p-1. The van der Waals surface area contributed by atoms with Crippen LogP contribution in [0.2, 0.25) is 0 Å². The minimum Gasteiger partial charge on any atom is -1.00 e. The molecule has 0 aromatic heterocycles. The van der Waals surface area contributed by atoms with Crippen molar-refractivity contribution in [3.05, 3.63) is 71.3 Å². The molecule has 310 valence electrons. The van der Waals surface area contributed by atoms with Gasteiger partial charge in [-0.2, -0.15) is 0 Å². The van der Waals surface area contributed by atoms with Crippen molar-refractivity contribution in [2.24, 2.45) is 17.8 Å². The first-order valence-electron chi connectivity index (χ1n) is 19.5. The fourth-order valence-electron chi connectivity index (χ4n) is 5.32. The van der Waals surface area contributed by atoms with Crippen LogP contribution in [0.1, 0.15) is 115 Å². The van der Waals surface area contributed by atoms with Crippen LogP contribution in [0.5, 0.6) is 17.2 Å². The summed E-state index contributed by atoms with van der Waals surface area (Å²) in [6.07, 6.45) is 3.18. The van der Waals surface area contributed by atoms with Crippen LogP contribution >= 0.6 is 0 Å². The van der Waals surface area contributed by atoms with E-state index in [0.29, 0.717) is 41.6 Å². The van der Waals surface area contributed by atoms with Crippen LogP contribution in [0, 0.1) is 17.8 Å². The van der Waals surface area contributed by atoms with E-state index in [1.165, 1.54) is 22.4 Å². The summed E-state index contributed by atoms with van der Waals surface area (Å²) in [5.74, 6) is 4.17. The number of aromatic hydroxyl groups is 1. The number of benzene rings is 3. The van der Waals surface area contributed by atoms with Crippen LogP contribution in [0.25, 0.3) is 0 Å². The molecule has 0 spiro atoms. The number of anilines is 3. The number of phenols is 1. The summed E-state index contributed by atoms with van der Waals surface area (Å²) in [7, 11) is 5.57. The van der Waals surface area contributed by atoms with Gasteiger partial charge in [0.1, 0.15) is 17.2 Å². The molecule has 0 fully saturated rings. The van der Waals surface area contributed by atoms with Crippen LogP contribution in [0.4, 0.5) is 17.1 Å². The molecule has 0 radical (unpaired) electrons. The van der Waals surface area contributed by atoms with Crippen LogP contribution in [0.3, 0.4) is 0 Å². The Morgan fingerprint density at radius 2 is 1.00 bits per heavy atom. The second kappa shape index (κ2) is 36.1. The number of nitrogens with one attached hydrogen (secondary N) is 2. The molecule has 0 atom stereocenters. The van der Waals surface area contributed by atoms with Crippen molar-refractivity contribution in [2.75, 3.05) is 36.8 Å². The number of carbonyl (C=O) groups is 1. The van der Waals surface area contributed by atoms with Gasteiger partial charge in [0.25, 0.3) is 6.47 Å². The van der Waals surface area contributed by atoms with Gasteiger partial charge in [0.2, 0.25) is 0 Å². The zero-order valence-electron chi connectivity index (χ0n) is 39.8. The zero-order valence-corrected chi connectivity index (χ0v) is 45.0. The topological polar surface area (TPSA) is 115 Å². The molecule has 56 heavy (non-hydrogen) atoms. The maximum atomic E-state index is 9.58. The third-order valence-electron chi connectivity index (χ3n) is 7.43. The number of ether oxygens (including phenoxy) is 2. The molecule has 0 heterocycles. The molecule has 0 amide bonds. The maximum absolute atomic E-state index is 9.58. The number of phenolic OH excluding ortho intramolecular Hbond substituents is 1. The van der Waals surface area contributed by atoms with Gasteiger partial charge in [0.05, 0.1) is 14.2 Å². The Hall–Kier alpha value is -0.837. The quantitative estimate of drug-likeness (QED) is 0.0886. The Kier molecular flexibility index (Phi) is 39.8. The van der Waals surface area contributed by atoms with E-state index in [9.17, 15) is 5.11 Å². The third kappa shape index (κ3) is 31.1. The fraction of sp³-hybridized carbons (Fsp3) is 0.578. The van der Waals surface area contributed by atoms with Gasteiger partial charge in [0.15, 0.2) is 0 Å². The molecule has 9 nitrogen and oxygen atoms in total. The van der Waals surface area contributed by atoms with Gasteiger partial charge in [-0.25, -0.2) is 0 Å². The van der Waals surface area contributed by atoms with E-state index in [1.807, 2.05) is 26.0 Å². The largest absolute Gasteiger partial charge is 1.00 e. The second-order valence-electron chi connectivity index (χ2n) is 15.3. The minimum atomic E-state index is -0.181. The molecule has 3 rings (SSSR count). The summed E-state index contributed by atoms with van der Waals surface area (Å²) in [4.78, 5) is 13.5. The van der Waals surface area contributed by atoms with Crippen molar-refractivity contribution in [3.63, 3.8) is 0 Å². The van der Waals surface area contributed by atoms with Gasteiger partial charge >= 0.3 is 103 Å². The average Bonchev–Trinajstić information content (AvgIpc) is 3.07. The second-order valence-corrected chi connectivity index (χ2v) is 15.3. The molecule has 3 N–H and O–H groups in total. The Bertz CT molecular complexity index is 1370. The normalized spacial score (nSPS) is 9.93. The number of nitrogens with zero attached hydrogens (tertiary/aromatic N) is 1.